The summed E-state index contributed by atoms with van der Waals surface area (Å²) in [6.45, 7) is 5.71. The van der Waals surface area contributed by atoms with Gasteiger partial charge in [0.1, 0.15) is 0 Å². The number of rotatable bonds is 5. The van der Waals surface area contributed by atoms with E-state index in [1.807, 2.05) is 31.2 Å². The van der Waals surface area contributed by atoms with Gasteiger partial charge in [0, 0.05) is 11.1 Å². The Morgan fingerprint density at radius 3 is 2.87 bits per heavy atom. The molecule has 0 aromatic heterocycles. The van der Waals surface area contributed by atoms with Crippen LogP contribution in [0.2, 0.25) is 5.02 Å². The number of allylic oxidation sites excluding steroid dienone is 1. The van der Waals surface area contributed by atoms with Crippen LogP contribution in [0.25, 0.3) is 0 Å². The lowest BCUT2D eigenvalue weighted by Crippen LogP contribution is -2.28. The molecule has 1 unspecified atom stereocenters. The van der Waals surface area contributed by atoms with E-state index < -0.39 is 0 Å². The van der Waals surface area contributed by atoms with Crippen LogP contribution in [-0.4, -0.2) is 0 Å². The van der Waals surface area contributed by atoms with Crippen LogP contribution in [0.15, 0.2) is 30.9 Å². The maximum Gasteiger partial charge on any atom is 0.0477 e. The molecule has 82 valence electrons. The predicted octanol–water partition coefficient (Wildman–Crippen LogP) is 3.12. The van der Waals surface area contributed by atoms with E-state index in [4.69, 9.17) is 17.4 Å². The molecule has 1 atom stereocenters. The van der Waals surface area contributed by atoms with Crippen LogP contribution in [-0.2, 0) is 0 Å². The Hall–Kier alpha value is -0.830. The zero-order chi connectivity index (χ0) is 11.3. The molecule has 3 heteroatoms. The van der Waals surface area contributed by atoms with Crippen LogP contribution >= 0.6 is 11.6 Å². The lowest BCUT2D eigenvalue weighted by molar-refractivity contribution is 0.521. The van der Waals surface area contributed by atoms with Crippen molar-refractivity contribution >= 4 is 11.6 Å². The lowest BCUT2D eigenvalue weighted by atomic mass is 10.0. The Morgan fingerprint density at radius 2 is 2.33 bits per heavy atom. The molecule has 0 saturated carbocycles. The molecular formula is C12H17ClN2. The van der Waals surface area contributed by atoms with Crippen LogP contribution in [0.1, 0.15) is 30.0 Å². The van der Waals surface area contributed by atoms with Crippen molar-refractivity contribution in [2.45, 2.75) is 25.8 Å². The smallest absolute Gasteiger partial charge is 0.0477 e. The van der Waals surface area contributed by atoms with Crippen molar-refractivity contribution in [2.75, 3.05) is 0 Å². The zero-order valence-corrected chi connectivity index (χ0v) is 9.72. The number of hydrazine groups is 1. The average molecular weight is 225 g/mol. The highest BCUT2D eigenvalue weighted by Gasteiger charge is 2.11. The van der Waals surface area contributed by atoms with E-state index in [0.29, 0.717) is 0 Å². The summed E-state index contributed by atoms with van der Waals surface area (Å²) >= 11 is 6.16. The molecule has 0 aliphatic rings. The average Bonchev–Trinajstić information content (AvgIpc) is 2.21. The second-order valence-corrected chi connectivity index (χ2v) is 4.02. The number of hydrogen-bond acceptors (Lipinski definition) is 2. The molecule has 2 nitrogen and oxygen atoms in total. The molecule has 0 saturated heterocycles. The number of aryl methyl sites for hydroxylation is 1. The van der Waals surface area contributed by atoms with Gasteiger partial charge in [-0.05, 0) is 37.0 Å². The lowest BCUT2D eigenvalue weighted by Gasteiger charge is -2.17. The van der Waals surface area contributed by atoms with Gasteiger partial charge < -0.3 is 0 Å². The fraction of sp³-hybridized carbons (Fsp3) is 0.333. The van der Waals surface area contributed by atoms with Crippen molar-refractivity contribution in [2.24, 2.45) is 5.84 Å². The van der Waals surface area contributed by atoms with Crippen LogP contribution in [0, 0.1) is 6.92 Å². The number of halogens is 1. The van der Waals surface area contributed by atoms with Gasteiger partial charge in [-0.3, -0.25) is 11.3 Å². The maximum atomic E-state index is 6.16. The summed E-state index contributed by atoms with van der Waals surface area (Å²) in [5, 5.41) is 0.766. The topological polar surface area (TPSA) is 38.0 Å². The van der Waals surface area contributed by atoms with E-state index in [0.717, 1.165) is 29.0 Å². The Balaban J connectivity index is 2.86. The minimum atomic E-state index is 0.0936. The molecule has 1 aromatic carbocycles. The summed E-state index contributed by atoms with van der Waals surface area (Å²) in [7, 11) is 0. The molecule has 1 rings (SSSR count). The standard InChI is InChI=1S/C12H17ClN2/c1-3-4-5-12(15-14)10-7-6-9(2)8-11(10)13/h3,6-8,12,15H,1,4-5,14H2,2H3. The fourth-order valence-corrected chi connectivity index (χ4v) is 1.89. The minimum absolute atomic E-state index is 0.0936. The summed E-state index contributed by atoms with van der Waals surface area (Å²) < 4.78 is 0. The van der Waals surface area contributed by atoms with Gasteiger partial charge in [0.15, 0.2) is 0 Å². The van der Waals surface area contributed by atoms with E-state index in [9.17, 15) is 0 Å². The molecule has 0 aliphatic heterocycles. The summed E-state index contributed by atoms with van der Waals surface area (Å²) in [6.07, 6.45) is 3.70. The van der Waals surface area contributed by atoms with Crippen molar-refractivity contribution < 1.29 is 0 Å². The van der Waals surface area contributed by atoms with Gasteiger partial charge in [-0.2, -0.15) is 0 Å². The second kappa shape index (κ2) is 5.91. The first-order valence-corrected chi connectivity index (χ1v) is 5.40. The zero-order valence-electron chi connectivity index (χ0n) is 8.96. The molecular weight excluding hydrogens is 208 g/mol. The van der Waals surface area contributed by atoms with Crippen molar-refractivity contribution in [3.63, 3.8) is 0 Å². The number of nitrogens with two attached hydrogens (primary N) is 1. The minimum Gasteiger partial charge on any atom is -0.271 e. The van der Waals surface area contributed by atoms with Crippen molar-refractivity contribution in [3.8, 4) is 0 Å². The Kier molecular flexibility index (Phi) is 4.82. The summed E-state index contributed by atoms with van der Waals surface area (Å²) in [6, 6.07) is 6.11. The van der Waals surface area contributed by atoms with E-state index in [1.54, 1.807) is 0 Å². The number of hydrogen-bond donors (Lipinski definition) is 2. The quantitative estimate of drug-likeness (QED) is 0.458. The van der Waals surface area contributed by atoms with Crippen molar-refractivity contribution in [3.05, 3.63) is 47.0 Å². The Bertz CT molecular complexity index is 336. The Morgan fingerprint density at radius 1 is 1.60 bits per heavy atom. The van der Waals surface area contributed by atoms with Crippen LogP contribution in [0.4, 0.5) is 0 Å². The highest BCUT2D eigenvalue weighted by molar-refractivity contribution is 6.31. The molecule has 0 aliphatic carbocycles. The maximum absolute atomic E-state index is 6.16. The third kappa shape index (κ3) is 3.34. The molecule has 0 radical (unpaired) electrons. The summed E-state index contributed by atoms with van der Waals surface area (Å²) in [5.41, 5.74) is 4.98. The molecule has 0 amide bonds. The van der Waals surface area contributed by atoms with Gasteiger partial charge in [0.2, 0.25) is 0 Å². The van der Waals surface area contributed by atoms with E-state index >= 15 is 0 Å². The van der Waals surface area contributed by atoms with Gasteiger partial charge in [-0.15, -0.1) is 6.58 Å². The van der Waals surface area contributed by atoms with Crippen LogP contribution < -0.4 is 11.3 Å². The van der Waals surface area contributed by atoms with E-state index in [2.05, 4.69) is 12.0 Å². The highest BCUT2D eigenvalue weighted by Crippen LogP contribution is 2.26. The first kappa shape index (κ1) is 12.2. The summed E-state index contributed by atoms with van der Waals surface area (Å²) in [4.78, 5) is 0. The second-order valence-electron chi connectivity index (χ2n) is 3.61. The molecule has 0 spiro atoms. The summed E-state index contributed by atoms with van der Waals surface area (Å²) in [5.74, 6) is 5.51. The largest absolute Gasteiger partial charge is 0.271 e. The molecule has 1 aromatic rings. The molecule has 15 heavy (non-hydrogen) atoms. The first-order chi connectivity index (χ1) is 7.19. The van der Waals surface area contributed by atoms with Gasteiger partial charge in [0.05, 0.1) is 0 Å². The number of benzene rings is 1. The van der Waals surface area contributed by atoms with E-state index in [-0.39, 0.29) is 6.04 Å². The predicted molar refractivity (Wildman–Crippen MR) is 65.7 cm³/mol. The number of nitrogens with one attached hydrogen (secondary N) is 1. The highest BCUT2D eigenvalue weighted by atomic mass is 35.5. The van der Waals surface area contributed by atoms with Crippen LogP contribution in [0.5, 0.6) is 0 Å². The molecule has 0 bridgehead atoms. The fourth-order valence-electron chi connectivity index (χ4n) is 1.53. The normalized spacial score (nSPS) is 12.5. The van der Waals surface area contributed by atoms with Gasteiger partial charge >= 0.3 is 0 Å². The molecule has 3 N–H and O–H groups in total. The van der Waals surface area contributed by atoms with E-state index in [1.165, 1.54) is 0 Å². The monoisotopic (exact) mass is 224 g/mol. The third-order valence-corrected chi connectivity index (χ3v) is 2.72. The van der Waals surface area contributed by atoms with Crippen LogP contribution in [0.3, 0.4) is 0 Å². The molecule has 0 heterocycles. The SMILES string of the molecule is C=CCCC(NN)c1ccc(C)cc1Cl. The Labute approximate surface area is 96.1 Å². The third-order valence-electron chi connectivity index (χ3n) is 2.39. The van der Waals surface area contributed by atoms with Gasteiger partial charge in [0.25, 0.3) is 0 Å². The van der Waals surface area contributed by atoms with Crippen molar-refractivity contribution in [1.82, 2.24) is 5.43 Å². The van der Waals surface area contributed by atoms with Gasteiger partial charge in [-0.25, -0.2) is 0 Å². The first-order valence-electron chi connectivity index (χ1n) is 5.02. The van der Waals surface area contributed by atoms with Gasteiger partial charge in [-0.1, -0.05) is 29.8 Å². The van der Waals surface area contributed by atoms with Crippen molar-refractivity contribution in [1.29, 1.82) is 0 Å². The molecule has 0 fully saturated rings.